The Morgan fingerprint density at radius 3 is 2.50 bits per heavy atom. The van der Waals surface area contributed by atoms with Crippen LogP contribution in [0.2, 0.25) is 0 Å². The number of nitrogens with zero attached hydrogens (tertiary/aromatic N) is 1. The molecule has 1 nitrogen and oxygen atoms in total. The molecule has 0 aliphatic carbocycles. The van der Waals surface area contributed by atoms with Gasteiger partial charge in [-0.15, -0.1) is 0 Å². The fraction of sp³-hybridized carbons (Fsp3) is 0.286. The van der Waals surface area contributed by atoms with E-state index in [2.05, 4.69) is 11.6 Å². The maximum atomic E-state index is 3.91. The zero-order valence-corrected chi connectivity index (χ0v) is 5.39. The van der Waals surface area contributed by atoms with Crippen molar-refractivity contribution in [1.82, 2.24) is 0 Å². The minimum atomic E-state index is 0.801. The van der Waals surface area contributed by atoms with E-state index in [9.17, 15) is 0 Å². The van der Waals surface area contributed by atoms with Crippen LogP contribution in [0, 0.1) is 0 Å². The Balaban J connectivity index is 3.66. The Morgan fingerprint density at radius 2 is 2.12 bits per heavy atom. The zero-order valence-electron chi connectivity index (χ0n) is 5.39. The summed E-state index contributed by atoms with van der Waals surface area (Å²) in [6, 6.07) is 0. The average molecular weight is 109 g/mol. The normalized spacial score (nSPS) is 11.2. The number of hydrogen-bond acceptors (Lipinski definition) is 1. The first-order chi connectivity index (χ1) is 3.81. The monoisotopic (exact) mass is 109 g/mol. The van der Waals surface area contributed by atoms with E-state index in [0.29, 0.717) is 0 Å². The highest BCUT2D eigenvalue weighted by molar-refractivity contribution is 5.55. The van der Waals surface area contributed by atoms with Crippen molar-refractivity contribution in [3.05, 3.63) is 24.4 Å². The van der Waals surface area contributed by atoms with E-state index in [1.165, 1.54) is 0 Å². The van der Waals surface area contributed by atoms with E-state index in [0.717, 1.165) is 5.70 Å². The molecular weight excluding hydrogens is 98.1 g/mol. The molecule has 0 aliphatic heterocycles. The molecule has 0 bridgehead atoms. The molecule has 0 rings (SSSR count). The third kappa shape index (κ3) is 3.34. The number of rotatable bonds is 2. The minimum Gasteiger partial charge on any atom is -0.262 e. The van der Waals surface area contributed by atoms with Crippen molar-refractivity contribution < 1.29 is 0 Å². The van der Waals surface area contributed by atoms with Crippen molar-refractivity contribution in [3.63, 3.8) is 0 Å². The van der Waals surface area contributed by atoms with Crippen molar-refractivity contribution in [3.8, 4) is 0 Å². The molecule has 0 unspecified atom stereocenters. The molecule has 8 heavy (non-hydrogen) atoms. The summed E-state index contributed by atoms with van der Waals surface area (Å²) in [6.45, 7) is 7.46. The third-order valence-electron chi connectivity index (χ3n) is 0.654. The van der Waals surface area contributed by atoms with Crippen molar-refractivity contribution in [2.75, 3.05) is 0 Å². The summed E-state index contributed by atoms with van der Waals surface area (Å²) in [5.41, 5.74) is 0.801. The Morgan fingerprint density at radius 1 is 1.50 bits per heavy atom. The second-order valence-electron chi connectivity index (χ2n) is 1.38. The lowest BCUT2D eigenvalue weighted by Crippen LogP contribution is -1.65. The third-order valence-corrected chi connectivity index (χ3v) is 0.654. The van der Waals surface area contributed by atoms with Crippen LogP contribution >= 0.6 is 0 Å². The number of aliphatic imine (C=N–C) groups is 1. The van der Waals surface area contributed by atoms with Crippen LogP contribution in [0.3, 0.4) is 0 Å². The second-order valence-corrected chi connectivity index (χ2v) is 1.38. The minimum absolute atomic E-state index is 0.801. The maximum Gasteiger partial charge on any atom is 0.0550 e. The quantitative estimate of drug-likeness (QED) is 0.380. The van der Waals surface area contributed by atoms with Gasteiger partial charge in [0.2, 0.25) is 0 Å². The Hall–Kier alpha value is -0.850. The van der Waals surface area contributed by atoms with Gasteiger partial charge in [-0.1, -0.05) is 12.7 Å². The van der Waals surface area contributed by atoms with Gasteiger partial charge in [-0.25, -0.2) is 0 Å². The predicted molar refractivity (Wildman–Crippen MR) is 38.1 cm³/mol. The molecule has 1 heteroatoms. The van der Waals surface area contributed by atoms with E-state index in [-0.39, 0.29) is 0 Å². The van der Waals surface area contributed by atoms with Crippen LogP contribution in [-0.2, 0) is 0 Å². The maximum absolute atomic E-state index is 3.91. The molecule has 0 amide bonds. The first kappa shape index (κ1) is 7.15. The highest BCUT2D eigenvalue weighted by Crippen LogP contribution is 1.91. The lowest BCUT2D eigenvalue weighted by molar-refractivity contribution is 1.43. The van der Waals surface area contributed by atoms with E-state index < -0.39 is 0 Å². The highest BCUT2D eigenvalue weighted by Gasteiger charge is 1.72. The summed E-state index contributed by atoms with van der Waals surface area (Å²) in [6.07, 6.45) is 5.50. The van der Waals surface area contributed by atoms with Gasteiger partial charge in [-0.2, -0.15) is 0 Å². The average Bonchev–Trinajstić information content (AvgIpc) is 1.68. The molecule has 0 aromatic rings. The summed E-state index contributed by atoms with van der Waals surface area (Å²) >= 11 is 0. The molecule has 0 fully saturated rings. The van der Waals surface area contributed by atoms with E-state index >= 15 is 0 Å². The van der Waals surface area contributed by atoms with Gasteiger partial charge in [-0.05, 0) is 19.9 Å². The first-order valence-electron chi connectivity index (χ1n) is 2.61. The summed E-state index contributed by atoms with van der Waals surface area (Å²) in [4.78, 5) is 3.91. The van der Waals surface area contributed by atoms with Gasteiger partial charge >= 0.3 is 0 Å². The lowest BCUT2D eigenvalue weighted by Gasteiger charge is -1.82. The first-order valence-corrected chi connectivity index (χ1v) is 2.61. The molecule has 0 heterocycles. The fourth-order valence-electron chi connectivity index (χ4n) is 0.401. The molecule has 0 atom stereocenters. The largest absolute Gasteiger partial charge is 0.262 e. The SMILES string of the molecule is C=C(C=CC)N=CC. The van der Waals surface area contributed by atoms with Crippen molar-refractivity contribution in [2.24, 2.45) is 4.99 Å². The van der Waals surface area contributed by atoms with Gasteiger partial charge in [0.15, 0.2) is 0 Å². The van der Waals surface area contributed by atoms with Crippen LogP contribution in [0.1, 0.15) is 13.8 Å². The lowest BCUT2D eigenvalue weighted by atomic mass is 10.4. The molecule has 0 N–H and O–H groups in total. The topological polar surface area (TPSA) is 12.4 Å². The smallest absolute Gasteiger partial charge is 0.0550 e. The van der Waals surface area contributed by atoms with Gasteiger partial charge in [0.05, 0.1) is 5.70 Å². The molecule has 0 aliphatic rings. The molecular formula is C7H11N. The van der Waals surface area contributed by atoms with Gasteiger partial charge in [0, 0.05) is 6.21 Å². The molecule has 0 spiro atoms. The number of allylic oxidation sites excluding steroid dienone is 2. The molecule has 0 aromatic carbocycles. The molecule has 0 aromatic heterocycles. The van der Waals surface area contributed by atoms with Crippen LogP contribution in [0.15, 0.2) is 29.4 Å². The van der Waals surface area contributed by atoms with E-state index in [1.807, 2.05) is 26.0 Å². The van der Waals surface area contributed by atoms with Crippen LogP contribution in [0.4, 0.5) is 0 Å². The predicted octanol–water partition coefficient (Wildman–Crippen LogP) is 2.17. The molecule has 44 valence electrons. The molecule has 0 saturated carbocycles. The molecule has 0 saturated heterocycles. The Labute approximate surface area is 50.4 Å². The van der Waals surface area contributed by atoms with E-state index in [4.69, 9.17) is 0 Å². The van der Waals surface area contributed by atoms with Crippen molar-refractivity contribution >= 4 is 6.21 Å². The summed E-state index contributed by atoms with van der Waals surface area (Å²) in [5, 5.41) is 0. The second kappa shape index (κ2) is 4.31. The van der Waals surface area contributed by atoms with Crippen LogP contribution in [0.5, 0.6) is 0 Å². The van der Waals surface area contributed by atoms with Crippen molar-refractivity contribution in [2.45, 2.75) is 13.8 Å². The zero-order chi connectivity index (χ0) is 6.41. The summed E-state index contributed by atoms with van der Waals surface area (Å²) in [7, 11) is 0. The van der Waals surface area contributed by atoms with Gasteiger partial charge < -0.3 is 0 Å². The van der Waals surface area contributed by atoms with Crippen LogP contribution in [0.25, 0.3) is 0 Å². The van der Waals surface area contributed by atoms with E-state index in [1.54, 1.807) is 6.21 Å². The van der Waals surface area contributed by atoms with Crippen LogP contribution < -0.4 is 0 Å². The Kier molecular flexibility index (Phi) is 3.85. The van der Waals surface area contributed by atoms with Crippen LogP contribution in [-0.4, -0.2) is 6.21 Å². The van der Waals surface area contributed by atoms with Crippen molar-refractivity contribution in [1.29, 1.82) is 0 Å². The highest BCUT2D eigenvalue weighted by atomic mass is 14.7. The van der Waals surface area contributed by atoms with Gasteiger partial charge in [0.25, 0.3) is 0 Å². The Bertz CT molecular complexity index is 106. The summed E-state index contributed by atoms with van der Waals surface area (Å²) < 4.78 is 0. The fourth-order valence-corrected chi connectivity index (χ4v) is 0.401. The van der Waals surface area contributed by atoms with Gasteiger partial charge in [-0.3, -0.25) is 4.99 Å². The summed E-state index contributed by atoms with van der Waals surface area (Å²) in [5.74, 6) is 0. The molecule has 0 radical (unpaired) electrons. The standard InChI is InChI=1S/C7H11N/c1-4-6-7(3)8-5-2/h4-6H,3H2,1-2H3. The number of hydrogen-bond donors (Lipinski definition) is 0. The van der Waals surface area contributed by atoms with Gasteiger partial charge in [0.1, 0.15) is 0 Å².